The summed E-state index contributed by atoms with van der Waals surface area (Å²) in [6.07, 6.45) is 0.654. The van der Waals surface area contributed by atoms with Gasteiger partial charge in [-0.15, -0.1) is 11.3 Å². The van der Waals surface area contributed by atoms with E-state index in [1.165, 1.54) is 30.6 Å². The van der Waals surface area contributed by atoms with Crippen molar-refractivity contribution in [3.05, 3.63) is 75.1 Å². The van der Waals surface area contributed by atoms with Crippen molar-refractivity contribution in [2.75, 3.05) is 36.9 Å². The van der Waals surface area contributed by atoms with Crippen LogP contribution in [0.4, 0.5) is 10.7 Å². The van der Waals surface area contributed by atoms with Crippen LogP contribution in [0.3, 0.4) is 0 Å². The zero-order valence-corrected chi connectivity index (χ0v) is 22.5. The van der Waals surface area contributed by atoms with Crippen LogP contribution in [-0.4, -0.2) is 52.4 Å². The number of carbonyl (C=O) groups excluding carboxylic acids is 2. The van der Waals surface area contributed by atoms with Gasteiger partial charge in [-0.05, 0) is 62.4 Å². The molecule has 0 atom stereocenters. The zero-order valence-electron chi connectivity index (χ0n) is 20.1. The Hall–Kier alpha value is -2.92. The van der Waals surface area contributed by atoms with E-state index in [0.29, 0.717) is 28.6 Å². The number of anilines is 2. The van der Waals surface area contributed by atoms with E-state index in [-0.39, 0.29) is 10.6 Å². The Morgan fingerprint density at radius 3 is 2.44 bits per heavy atom. The molecule has 0 fully saturated rings. The lowest BCUT2D eigenvalue weighted by Crippen LogP contribution is -2.38. The van der Waals surface area contributed by atoms with Gasteiger partial charge in [-0.3, -0.25) is 9.10 Å². The average molecular weight is 548 g/mol. The third-order valence-electron chi connectivity index (χ3n) is 5.90. The fourth-order valence-corrected chi connectivity index (χ4v) is 6.87. The van der Waals surface area contributed by atoms with Gasteiger partial charge in [-0.1, -0.05) is 29.3 Å². The molecule has 1 aliphatic heterocycles. The molecule has 0 aliphatic carbocycles. The third kappa shape index (κ3) is 5.41. The maximum absolute atomic E-state index is 13.6. The Labute approximate surface area is 219 Å². The van der Waals surface area contributed by atoms with E-state index in [2.05, 4.69) is 10.2 Å². The number of hydrogen-bond donors (Lipinski definition) is 1. The number of likely N-dealkylation sites (N-methyl/N-ethyl adjacent to an activating group) is 1. The first kappa shape index (κ1) is 26.2. The molecule has 36 heavy (non-hydrogen) atoms. The van der Waals surface area contributed by atoms with Gasteiger partial charge in [0.2, 0.25) is 5.91 Å². The Bertz CT molecular complexity index is 1390. The summed E-state index contributed by atoms with van der Waals surface area (Å²) in [5, 5.41) is 3.57. The van der Waals surface area contributed by atoms with Gasteiger partial charge in [0.1, 0.15) is 11.5 Å². The molecule has 0 radical (unpaired) electrons. The first-order valence-electron chi connectivity index (χ1n) is 11.2. The Morgan fingerprint density at radius 2 is 1.81 bits per heavy atom. The summed E-state index contributed by atoms with van der Waals surface area (Å²) in [6.45, 7) is 2.79. The van der Waals surface area contributed by atoms with Gasteiger partial charge in [-0.2, -0.15) is 0 Å². The summed E-state index contributed by atoms with van der Waals surface area (Å²) in [4.78, 5) is 29.0. The first-order chi connectivity index (χ1) is 17.1. The van der Waals surface area contributed by atoms with Crippen LogP contribution >= 0.6 is 22.9 Å². The number of nitrogens with zero attached hydrogens (tertiary/aromatic N) is 2. The van der Waals surface area contributed by atoms with Gasteiger partial charge < -0.3 is 15.0 Å². The molecule has 4 rings (SSSR count). The molecule has 1 amide bonds. The fourth-order valence-electron chi connectivity index (χ4n) is 3.99. The lowest BCUT2D eigenvalue weighted by molar-refractivity contribution is -0.114. The van der Waals surface area contributed by atoms with Crippen LogP contribution in [0.5, 0.6) is 0 Å². The highest BCUT2D eigenvalue weighted by molar-refractivity contribution is 7.92. The van der Waals surface area contributed by atoms with E-state index >= 15 is 0 Å². The molecule has 0 spiro atoms. The number of hydrogen-bond acceptors (Lipinski definition) is 7. The van der Waals surface area contributed by atoms with Crippen molar-refractivity contribution >= 4 is 55.5 Å². The van der Waals surface area contributed by atoms with E-state index < -0.39 is 28.4 Å². The summed E-state index contributed by atoms with van der Waals surface area (Å²) in [5.41, 5.74) is 2.39. The van der Waals surface area contributed by atoms with Crippen molar-refractivity contribution in [3.8, 4) is 0 Å². The number of amides is 1. The van der Waals surface area contributed by atoms with E-state index in [4.69, 9.17) is 16.3 Å². The quantitative estimate of drug-likeness (QED) is 0.443. The Balaban J connectivity index is 1.67. The number of esters is 1. The number of fused-ring (bicyclic) bond motifs is 1. The standard InChI is InChI=1S/C25H26ClN3O5S2/c1-16-4-10-19(11-5-16)36(32,33)29(18-8-6-17(26)7-9-18)15-22(30)27-24-23(25(31)34-3)20-12-13-28(2)14-21(20)35-24/h4-11H,12-15H2,1-3H3,(H,27,30). The van der Waals surface area contributed by atoms with Gasteiger partial charge >= 0.3 is 5.97 Å². The Morgan fingerprint density at radius 1 is 1.14 bits per heavy atom. The van der Waals surface area contributed by atoms with Crippen molar-refractivity contribution in [3.63, 3.8) is 0 Å². The number of halogens is 1. The SMILES string of the molecule is COC(=O)c1c(NC(=O)CN(c2ccc(Cl)cc2)S(=O)(=O)c2ccc(C)cc2)sc2c1CCN(C)C2. The van der Waals surface area contributed by atoms with Crippen molar-refractivity contribution in [1.29, 1.82) is 0 Å². The van der Waals surface area contributed by atoms with E-state index in [0.717, 1.165) is 26.9 Å². The maximum Gasteiger partial charge on any atom is 0.341 e. The van der Waals surface area contributed by atoms with Crippen LogP contribution in [0.15, 0.2) is 53.4 Å². The zero-order chi connectivity index (χ0) is 26.0. The third-order valence-corrected chi connectivity index (χ3v) is 9.07. The number of ether oxygens (including phenoxy) is 1. The van der Waals surface area contributed by atoms with Gasteiger partial charge in [0.25, 0.3) is 10.0 Å². The molecule has 0 saturated heterocycles. The summed E-state index contributed by atoms with van der Waals surface area (Å²) in [6, 6.07) is 12.6. The molecule has 0 unspecified atom stereocenters. The number of carbonyl (C=O) groups is 2. The van der Waals surface area contributed by atoms with E-state index in [1.54, 1.807) is 36.4 Å². The van der Waals surface area contributed by atoms with Crippen LogP contribution in [0.2, 0.25) is 5.02 Å². The molecule has 11 heteroatoms. The number of methoxy groups -OCH3 is 1. The van der Waals surface area contributed by atoms with Crippen LogP contribution in [0, 0.1) is 6.92 Å². The fraction of sp³-hybridized carbons (Fsp3) is 0.280. The minimum atomic E-state index is -4.08. The normalized spacial score (nSPS) is 13.7. The number of sulfonamides is 1. The highest BCUT2D eigenvalue weighted by atomic mass is 35.5. The predicted molar refractivity (Wildman–Crippen MR) is 141 cm³/mol. The van der Waals surface area contributed by atoms with Gasteiger partial charge in [0, 0.05) is 23.0 Å². The summed E-state index contributed by atoms with van der Waals surface area (Å²) in [5.74, 6) is -1.12. The maximum atomic E-state index is 13.6. The molecule has 1 aliphatic rings. The van der Waals surface area contributed by atoms with Crippen molar-refractivity contribution in [2.24, 2.45) is 0 Å². The average Bonchev–Trinajstić information content (AvgIpc) is 3.19. The second-order valence-corrected chi connectivity index (χ2v) is 11.9. The summed E-state index contributed by atoms with van der Waals surface area (Å²) < 4.78 is 33.1. The van der Waals surface area contributed by atoms with Crippen molar-refractivity contribution in [1.82, 2.24) is 4.90 Å². The topological polar surface area (TPSA) is 96.0 Å². The van der Waals surface area contributed by atoms with Gasteiger partial charge in [-0.25, -0.2) is 13.2 Å². The highest BCUT2D eigenvalue weighted by Crippen LogP contribution is 2.37. The van der Waals surface area contributed by atoms with Gasteiger partial charge in [0.15, 0.2) is 0 Å². The molecule has 0 saturated carbocycles. The van der Waals surface area contributed by atoms with Crippen molar-refractivity contribution in [2.45, 2.75) is 24.8 Å². The minimum Gasteiger partial charge on any atom is -0.465 e. The minimum absolute atomic E-state index is 0.0562. The number of aryl methyl sites for hydroxylation is 1. The first-order valence-corrected chi connectivity index (χ1v) is 13.8. The van der Waals surface area contributed by atoms with Crippen LogP contribution in [0.25, 0.3) is 0 Å². The monoisotopic (exact) mass is 547 g/mol. The molecule has 2 heterocycles. The smallest absolute Gasteiger partial charge is 0.341 e. The van der Waals surface area contributed by atoms with E-state index in [9.17, 15) is 18.0 Å². The second-order valence-electron chi connectivity index (χ2n) is 8.54. The number of rotatable bonds is 7. The summed E-state index contributed by atoms with van der Waals surface area (Å²) in [7, 11) is -0.797. The molecule has 0 bridgehead atoms. The van der Waals surface area contributed by atoms with Crippen LogP contribution in [0.1, 0.15) is 26.4 Å². The second kappa shape index (κ2) is 10.6. The van der Waals surface area contributed by atoms with Crippen LogP contribution in [-0.2, 0) is 32.5 Å². The molecule has 8 nitrogen and oxygen atoms in total. The molecule has 1 aromatic heterocycles. The van der Waals surface area contributed by atoms with Gasteiger partial charge in [0.05, 0.1) is 23.3 Å². The predicted octanol–water partition coefficient (Wildman–Crippen LogP) is 4.32. The van der Waals surface area contributed by atoms with E-state index in [1.807, 2.05) is 14.0 Å². The molecular weight excluding hydrogens is 522 g/mol. The Kier molecular flexibility index (Phi) is 7.70. The number of thiophene rings is 1. The molecule has 190 valence electrons. The largest absolute Gasteiger partial charge is 0.465 e. The highest BCUT2D eigenvalue weighted by Gasteiger charge is 2.31. The van der Waals surface area contributed by atoms with Crippen LogP contribution < -0.4 is 9.62 Å². The number of benzene rings is 2. The molecule has 2 aromatic carbocycles. The molecule has 3 aromatic rings. The lowest BCUT2D eigenvalue weighted by atomic mass is 10.0. The summed E-state index contributed by atoms with van der Waals surface area (Å²) >= 11 is 7.31. The lowest BCUT2D eigenvalue weighted by Gasteiger charge is -2.24. The molecular formula is C25H26ClN3O5S2. The molecule has 1 N–H and O–H groups in total. The number of nitrogens with one attached hydrogen (secondary N) is 1. The van der Waals surface area contributed by atoms with Crippen molar-refractivity contribution < 1.29 is 22.7 Å².